The molecular weight excluding hydrogens is 422 g/mol. The molecule has 30 heavy (non-hydrogen) atoms. The molecule has 1 aromatic carbocycles. The second-order valence-electron chi connectivity index (χ2n) is 7.07. The number of alkyl halides is 1. The Morgan fingerprint density at radius 2 is 2.00 bits per heavy atom. The highest BCUT2D eigenvalue weighted by Crippen LogP contribution is 2.22. The van der Waals surface area contributed by atoms with Crippen molar-refractivity contribution < 1.29 is 33.1 Å². The van der Waals surface area contributed by atoms with Crippen molar-refractivity contribution in [3.8, 4) is 0 Å². The van der Waals surface area contributed by atoms with Crippen molar-refractivity contribution in [3.05, 3.63) is 34.6 Å². The molecule has 2 amide bonds. The van der Waals surface area contributed by atoms with Crippen molar-refractivity contribution in [2.24, 2.45) is 0 Å². The highest BCUT2D eigenvalue weighted by Gasteiger charge is 2.34. The summed E-state index contributed by atoms with van der Waals surface area (Å²) in [7, 11) is 0. The summed E-state index contributed by atoms with van der Waals surface area (Å²) in [4.78, 5) is 49.2. The van der Waals surface area contributed by atoms with Gasteiger partial charge in [0.1, 0.15) is 24.6 Å². The van der Waals surface area contributed by atoms with Gasteiger partial charge in [-0.25, -0.2) is 8.78 Å². The number of aliphatic carboxylic acids is 1. The molecule has 1 heterocycles. The van der Waals surface area contributed by atoms with E-state index in [0.717, 1.165) is 0 Å². The molecule has 1 aliphatic heterocycles. The largest absolute Gasteiger partial charge is 0.481 e. The Hall–Kier alpha value is -2.55. The fourth-order valence-electron chi connectivity index (χ4n) is 3.41. The number of likely N-dealkylation sites (tertiary alicyclic amines) is 1. The maximum atomic E-state index is 14.0. The minimum absolute atomic E-state index is 0.0443. The normalized spacial score (nSPS) is 17.3. The lowest BCUT2D eigenvalue weighted by Gasteiger charge is -2.35. The summed E-state index contributed by atoms with van der Waals surface area (Å²) in [6, 6.07) is 2.10. The SMILES string of the molecule is O=C(O)CC(NC(=O)[C@@H]1CCCCN1C(=O)CCc1cccc(Cl)c1F)C(=O)CF. The quantitative estimate of drug-likeness (QED) is 0.608. The first-order chi connectivity index (χ1) is 14.2. The first kappa shape index (κ1) is 23.7. The summed E-state index contributed by atoms with van der Waals surface area (Å²) in [5.74, 6) is -4.08. The van der Waals surface area contributed by atoms with Crippen LogP contribution in [0.4, 0.5) is 8.78 Å². The molecule has 0 saturated carbocycles. The first-order valence-corrected chi connectivity index (χ1v) is 9.95. The molecule has 164 valence electrons. The van der Waals surface area contributed by atoms with Crippen molar-refractivity contribution in [3.63, 3.8) is 0 Å². The molecular formula is C20H23ClF2N2O5. The number of nitrogens with one attached hydrogen (secondary N) is 1. The number of rotatable bonds is 9. The van der Waals surface area contributed by atoms with E-state index >= 15 is 0 Å². The van der Waals surface area contributed by atoms with Gasteiger partial charge in [0.15, 0.2) is 5.78 Å². The Morgan fingerprint density at radius 1 is 1.27 bits per heavy atom. The Balaban J connectivity index is 2.06. The number of ketones is 1. The van der Waals surface area contributed by atoms with Crippen LogP contribution in [0.15, 0.2) is 18.2 Å². The summed E-state index contributed by atoms with van der Waals surface area (Å²) in [5, 5.41) is 11.1. The lowest BCUT2D eigenvalue weighted by Crippen LogP contribution is -2.55. The zero-order valence-electron chi connectivity index (χ0n) is 16.2. The minimum atomic E-state index is -1.50. The third kappa shape index (κ3) is 6.22. The fraction of sp³-hybridized carbons (Fsp3) is 0.500. The molecule has 0 aliphatic carbocycles. The van der Waals surface area contributed by atoms with Crippen LogP contribution in [0.5, 0.6) is 0 Å². The number of amides is 2. The summed E-state index contributed by atoms with van der Waals surface area (Å²) >= 11 is 5.75. The van der Waals surface area contributed by atoms with E-state index in [1.165, 1.54) is 17.0 Å². The lowest BCUT2D eigenvalue weighted by atomic mass is 9.99. The predicted octanol–water partition coefficient (Wildman–Crippen LogP) is 2.29. The second-order valence-corrected chi connectivity index (χ2v) is 7.48. The molecule has 1 unspecified atom stereocenters. The summed E-state index contributed by atoms with van der Waals surface area (Å²) in [5.41, 5.74) is 0.281. The summed E-state index contributed by atoms with van der Waals surface area (Å²) in [6.07, 6.45) is 0.950. The van der Waals surface area contributed by atoms with Crippen molar-refractivity contribution >= 4 is 35.2 Å². The summed E-state index contributed by atoms with van der Waals surface area (Å²) in [6.45, 7) is -1.10. The van der Waals surface area contributed by atoms with E-state index in [-0.39, 0.29) is 29.3 Å². The third-order valence-corrected chi connectivity index (χ3v) is 5.27. The van der Waals surface area contributed by atoms with Crippen LogP contribution in [0.3, 0.4) is 0 Å². The number of carboxylic acid groups (broad SMARTS) is 1. The highest BCUT2D eigenvalue weighted by molar-refractivity contribution is 6.30. The Morgan fingerprint density at radius 3 is 2.67 bits per heavy atom. The van der Waals surface area contributed by atoms with Crippen LogP contribution in [-0.2, 0) is 25.6 Å². The summed E-state index contributed by atoms with van der Waals surface area (Å²) < 4.78 is 26.7. The molecule has 0 aromatic heterocycles. The highest BCUT2D eigenvalue weighted by atomic mass is 35.5. The maximum absolute atomic E-state index is 14.0. The van der Waals surface area contributed by atoms with Gasteiger partial charge in [-0.05, 0) is 37.3 Å². The predicted molar refractivity (Wildman–Crippen MR) is 104 cm³/mol. The number of hydrogen-bond donors (Lipinski definition) is 2. The molecule has 2 atom stereocenters. The number of Topliss-reactive ketones (excluding diaryl/α,β-unsaturated/α-hetero) is 1. The molecule has 1 fully saturated rings. The number of piperidine rings is 1. The average Bonchev–Trinajstić information content (AvgIpc) is 2.73. The van der Waals surface area contributed by atoms with Gasteiger partial charge < -0.3 is 15.3 Å². The van der Waals surface area contributed by atoms with Crippen LogP contribution in [0.1, 0.15) is 37.7 Å². The number of aryl methyl sites for hydroxylation is 1. The Bertz CT molecular complexity index is 820. The van der Waals surface area contributed by atoms with E-state index in [1.807, 2.05) is 0 Å². The Labute approximate surface area is 177 Å². The Kier molecular flexibility index (Phi) is 8.71. The zero-order valence-corrected chi connectivity index (χ0v) is 17.0. The average molecular weight is 445 g/mol. The van der Waals surface area contributed by atoms with Crippen molar-refractivity contribution in [2.75, 3.05) is 13.2 Å². The number of halogens is 3. The number of carbonyl (C=O) groups is 4. The second kappa shape index (κ2) is 11.0. The number of carboxylic acids is 1. The van der Waals surface area contributed by atoms with Crippen molar-refractivity contribution in [1.29, 1.82) is 0 Å². The van der Waals surface area contributed by atoms with Gasteiger partial charge in [-0.1, -0.05) is 23.7 Å². The van der Waals surface area contributed by atoms with E-state index < -0.39 is 48.7 Å². The van der Waals surface area contributed by atoms with Gasteiger partial charge >= 0.3 is 5.97 Å². The molecule has 0 bridgehead atoms. The number of benzene rings is 1. The zero-order chi connectivity index (χ0) is 22.3. The molecule has 0 radical (unpaired) electrons. The van der Waals surface area contributed by atoms with Gasteiger partial charge in [0, 0.05) is 13.0 Å². The topological polar surface area (TPSA) is 104 Å². The van der Waals surface area contributed by atoms with Crippen LogP contribution in [0.2, 0.25) is 5.02 Å². The van der Waals surface area contributed by atoms with Gasteiger partial charge in [-0.2, -0.15) is 0 Å². The van der Waals surface area contributed by atoms with Crippen LogP contribution >= 0.6 is 11.6 Å². The molecule has 0 spiro atoms. The van der Waals surface area contributed by atoms with E-state index in [1.54, 1.807) is 6.07 Å². The van der Waals surface area contributed by atoms with E-state index in [0.29, 0.717) is 25.8 Å². The van der Waals surface area contributed by atoms with Gasteiger partial charge in [0.25, 0.3) is 0 Å². The van der Waals surface area contributed by atoms with Crippen LogP contribution in [0.25, 0.3) is 0 Å². The minimum Gasteiger partial charge on any atom is -0.481 e. The molecule has 2 N–H and O–H groups in total. The molecule has 7 nitrogen and oxygen atoms in total. The van der Waals surface area contributed by atoms with Gasteiger partial charge in [-0.15, -0.1) is 0 Å². The van der Waals surface area contributed by atoms with Gasteiger partial charge in [0.2, 0.25) is 11.8 Å². The molecule has 10 heteroatoms. The molecule has 1 aliphatic rings. The van der Waals surface area contributed by atoms with Crippen molar-refractivity contribution in [1.82, 2.24) is 10.2 Å². The van der Waals surface area contributed by atoms with Crippen molar-refractivity contribution in [2.45, 2.75) is 50.6 Å². The van der Waals surface area contributed by atoms with E-state index in [2.05, 4.69) is 5.32 Å². The molecule has 1 aromatic rings. The van der Waals surface area contributed by atoms with Crippen LogP contribution in [-0.4, -0.2) is 58.9 Å². The smallest absolute Gasteiger partial charge is 0.305 e. The number of nitrogens with zero attached hydrogens (tertiary/aromatic N) is 1. The van der Waals surface area contributed by atoms with E-state index in [4.69, 9.17) is 16.7 Å². The van der Waals surface area contributed by atoms with Crippen LogP contribution < -0.4 is 5.32 Å². The van der Waals surface area contributed by atoms with Gasteiger partial charge in [-0.3, -0.25) is 19.2 Å². The van der Waals surface area contributed by atoms with Gasteiger partial charge in [0.05, 0.1) is 11.4 Å². The maximum Gasteiger partial charge on any atom is 0.305 e. The first-order valence-electron chi connectivity index (χ1n) is 9.57. The standard InChI is InChI=1S/C20H23ClF2N2O5/c21-13-5-3-4-12(19(13)23)7-8-17(27)25-9-2-1-6-15(25)20(30)24-14(10-18(28)29)16(26)11-22/h3-5,14-15H,1-2,6-11H2,(H,24,30)(H,28,29)/t14?,15-/m0/s1. The van der Waals surface area contributed by atoms with E-state index in [9.17, 15) is 28.0 Å². The van der Waals surface area contributed by atoms with Crippen LogP contribution in [0, 0.1) is 5.82 Å². The monoisotopic (exact) mass is 444 g/mol. The fourth-order valence-corrected chi connectivity index (χ4v) is 3.60. The third-order valence-electron chi connectivity index (χ3n) is 4.98. The lowest BCUT2D eigenvalue weighted by molar-refractivity contribution is -0.144. The number of hydrogen-bond acceptors (Lipinski definition) is 4. The molecule has 1 saturated heterocycles. The molecule has 2 rings (SSSR count). The number of carbonyl (C=O) groups excluding carboxylic acids is 3.